The molecule has 0 aliphatic carbocycles. The van der Waals surface area contributed by atoms with E-state index in [9.17, 15) is 18.0 Å². The molecule has 10 heteroatoms. The van der Waals surface area contributed by atoms with Crippen molar-refractivity contribution < 1.29 is 27.5 Å². The van der Waals surface area contributed by atoms with Gasteiger partial charge in [0.25, 0.3) is 11.8 Å². The van der Waals surface area contributed by atoms with Crippen LogP contribution in [0.25, 0.3) is 0 Å². The van der Waals surface area contributed by atoms with E-state index in [0.29, 0.717) is 34.1 Å². The zero-order valence-electron chi connectivity index (χ0n) is 20.1. The summed E-state index contributed by atoms with van der Waals surface area (Å²) in [6, 6.07) is 16.3. The van der Waals surface area contributed by atoms with Gasteiger partial charge in [-0.1, -0.05) is 12.1 Å². The summed E-state index contributed by atoms with van der Waals surface area (Å²) in [5.41, 5.74) is 2.82. The van der Waals surface area contributed by atoms with Gasteiger partial charge in [-0.2, -0.15) is 0 Å². The number of carbonyl (C=O) groups excluding carboxylic acids is 2. The Morgan fingerprint density at radius 3 is 2.14 bits per heavy atom. The van der Waals surface area contributed by atoms with Crippen LogP contribution in [0.15, 0.2) is 60.7 Å². The molecule has 0 radical (unpaired) electrons. The average Bonchev–Trinajstić information content (AvgIpc) is 2.84. The van der Waals surface area contributed by atoms with Crippen LogP contribution in [0.4, 0.5) is 17.1 Å². The van der Waals surface area contributed by atoms with Crippen LogP contribution in [-0.2, 0) is 10.0 Å². The van der Waals surface area contributed by atoms with Crippen molar-refractivity contribution in [1.29, 1.82) is 0 Å². The summed E-state index contributed by atoms with van der Waals surface area (Å²) in [5, 5.41) is 5.63. The van der Waals surface area contributed by atoms with E-state index in [1.165, 1.54) is 27.3 Å². The number of hydrogen-bond acceptors (Lipinski definition) is 6. The SMILES string of the molecule is COc1ccc(C(=O)Nc2cc(NC(=O)c3cccc(N(C)S(C)(=O)=O)c3)ccc2C)cc1OC. The van der Waals surface area contributed by atoms with Gasteiger partial charge in [0, 0.05) is 29.5 Å². The molecule has 0 heterocycles. The molecule has 184 valence electrons. The minimum Gasteiger partial charge on any atom is -0.493 e. The predicted octanol–water partition coefficient (Wildman–Crippen LogP) is 3.91. The fraction of sp³-hybridized carbons (Fsp3) is 0.200. The van der Waals surface area contributed by atoms with Gasteiger partial charge in [0.05, 0.1) is 26.2 Å². The smallest absolute Gasteiger partial charge is 0.255 e. The Kier molecular flexibility index (Phi) is 7.65. The van der Waals surface area contributed by atoms with Gasteiger partial charge in [-0.15, -0.1) is 0 Å². The van der Waals surface area contributed by atoms with Gasteiger partial charge in [0.15, 0.2) is 11.5 Å². The second-order valence-electron chi connectivity index (χ2n) is 7.79. The second-order valence-corrected chi connectivity index (χ2v) is 9.80. The molecule has 0 spiro atoms. The number of ether oxygens (including phenoxy) is 2. The van der Waals surface area contributed by atoms with Gasteiger partial charge >= 0.3 is 0 Å². The molecule has 3 aromatic rings. The number of carbonyl (C=O) groups is 2. The van der Waals surface area contributed by atoms with E-state index in [1.54, 1.807) is 54.6 Å². The number of benzene rings is 3. The van der Waals surface area contributed by atoms with Crippen LogP contribution in [0.1, 0.15) is 26.3 Å². The standard InChI is InChI=1S/C25H27N3O6S/c1-16-9-11-19(26-24(29)17-7-6-8-20(13-17)28(2)35(5,31)32)15-21(16)27-25(30)18-10-12-22(33-3)23(14-18)34-4/h6-15H,1-5H3,(H,26,29)(H,27,30). The number of anilines is 3. The first-order valence-electron chi connectivity index (χ1n) is 10.5. The molecule has 3 aromatic carbocycles. The third-order valence-electron chi connectivity index (χ3n) is 5.36. The molecule has 0 saturated heterocycles. The Balaban J connectivity index is 1.79. The van der Waals surface area contributed by atoms with Crippen molar-refractivity contribution in [2.45, 2.75) is 6.92 Å². The molecule has 0 bridgehead atoms. The number of hydrogen-bond donors (Lipinski definition) is 2. The molecule has 0 unspecified atom stereocenters. The first-order valence-corrected chi connectivity index (χ1v) is 12.4. The first-order chi connectivity index (χ1) is 16.5. The molecule has 0 aromatic heterocycles. The van der Waals surface area contributed by atoms with Crippen molar-refractivity contribution >= 4 is 38.9 Å². The number of nitrogens with one attached hydrogen (secondary N) is 2. The Labute approximate surface area is 204 Å². The van der Waals surface area contributed by atoms with Crippen molar-refractivity contribution in [1.82, 2.24) is 0 Å². The fourth-order valence-electron chi connectivity index (χ4n) is 3.24. The van der Waals surface area contributed by atoms with Crippen molar-refractivity contribution in [2.75, 3.05) is 42.5 Å². The largest absolute Gasteiger partial charge is 0.493 e. The highest BCUT2D eigenvalue weighted by atomic mass is 32.2. The lowest BCUT2D eigenvalue weighted by molar-refractivity contribution is 0.101. The highest BCUT2D eigenvalue weighted by Crippen LogP contribution is 2.28. The molecule has 0 atom stereocenters. The molecule has 0 saturated carbocycles. The molecule has 0 fully saturated rings. The first kappa shape index (κ1) is 25.6. The van der Waals surface area contributed by atoms with Crippen LogP contribution in [-0.4, -0.2) is 47.8 Å². The normalized spacial score (nSPS) is 10.9. The lowest BCUT2D eigenvalue weighted by Gasteiger charge is -2.17. The maximum atomic E-state index is 12.8. The molecule has 2 amide bonds. The quantitative estimate of drug-likeness (QED) is 0.488. The van der Waals surface area contributed by atoms with Gasteiger partial charge in [-0.25, -0.2) is 8.42 Å². The maximum Gasteiger partial charge on any atom is 0.255 e. The average molecular weight is 498 g/mol. The van der Waals surface area contributed by atoms with E-state index < -0.39 is 15.9 Å². The molecule has 9 nitrogen and oxygen atoms in total. The predicted molar refractivity (Wildman–Crippen MR) is 136 cm³/mol. The lowest BCUT2D eigenvalue weighted by atomic mass is 10.1. The van der Waals surface area contributed by atoms with Crippen molar-refractivity contribution in [3.8, 4) is 11.5 Å². The second kappa shape index (κ2) is 10.5. The Morgan fingerprint density at radius 1 is 0.829 bits per heavy atom. The van der Waals surface area contributed by atoms with Gasteiger partial charge in [-0.05, 0) is 61.0 Å². The molecule has 0 aliphatic heterocycles. The summed E-state index contributed by atoms with van der Waals surface area (Å²) in [4.78, 5) is 25.6. The fourth-order valence-corrected chi connectivity index (χ4v) is 3.74. The Bertz CT molecular complexity index is 1370. The van der Waals surface area contributed by atoms with Gasteiger partial charge in [-0.3, -0.25) is 13.9 Å². The minimum atomic E-state index is -3.46. The number of amides is 2. The van der Waals surface area contributed by atoms with Crippen LogP contribution in [0, 0.1) is 6.92 Å². The molecule has 3 rings (SSSR count). The molecule has 35 heavy (non-hydrogen) atoms. The maximum absolute atomic E-state index is 12.8. The number of rotatable bonds is 8. The van der Waals surface area contributed by atoms with Crippen molar-refractivity contribution in [2.24, 2.45) is 0 Å². The number of methoxy groups -OCH3 is 2. The van der Waals surface area contributed by atoms with Crippen LogP contribution in [0.5, 0.6) is 11.5 Å². The zero-order valence-corrected chi connectivity index (χ0v) is 20.9. The van der Waals surface area contributed by atoms with Gasteiger partial charge in [0.2, 0.25) is 10.0 Å². The molecular formula is C25H27N3O6S. The number of sulfonamides is 1. The third-order valence-corrected chi connectivity index (χ3v) is 6.56. The molecule has 2 N–H and O–H groups in total. The summed E-state index contributed by atoms with van der Waals surface area (Å²) < 4.78 is 35.2. The van der Waals surface area contributed by atoms with Crippen LogP contribution < -0.4 is 24.4 Å². The van der Waals surface area contributed by atoms with Crippen molar-refractivity contribution in [3.05, 3.63) is 77.4 Å². The van der Waals surface area contributed by atoms with E-state index in [0.717, 1.165) is 16.1 Å². The minimum absolute atomic E-state index is 0.287. The van der Waals surface area contributed by atoms with E-state index in [-0.39, 0.29) is 11.5 Å². The Hall–Kier alpha value is -4.05. The molecular weight excluding hydrogens is 470 g/mol. The monoisotopic (exact) mass is 497 g/mol. The third kappa shape index (κ3) is 6.10. The van der Waals surface area contributed by atoms with E-state index in [2.05, 4.69) is 10.6 Å². The van der Waals surface area contributed by atoms with Crippen LogP contribution in [0.2, 0.25) is 0 Å². The zero-order chi connectivity index (χ0) is 25.8. The summed E-state index contributed by atoms with van der Waals surface area (Å²) in [5.74, 6) is 0.169. The number of nitrogens with zero attached hydrogens (tertiary/aromatic N) is 1. The van der Waals surface area contributed by atoms with E-state index in [1.807, 2.05) is 6.92 Å². The van der Waals surface area contributed by atoms with Crippen molar-refractivity contribution in [3.63, 3.8) is 0 Å². The number of aryl methyl sites for hydroxylation is 1. The Morgan fingerprint density at radius 2 is 1.49 bits per heavy atom. The highest BCUT2D eigenvalue weighted by Gasteiger charge is 2.16. The summed E-state index contributed by atoms with van der Waals surface area (Å²) >= 11 is 0. The highest BCUT2D eigenvalue weighted by molar-refractivity contribution is 7.92. The van der Waals surface area contributed by atoms with Crippen LogP contribution in [0.3, 0.4) is 0 Å². The topological polar surface area (TPSA) is 114 Å². The van der Waals surface area contributed by atoms with E-state index in [4.69, 9.17) is 9.47 Å². The van der Waals surface area contributed by atoms with Gasteiger partial charge < -0.3 is 20.1 Å². The van der Waals surface area contributed by atoms with Crippen LogP contribution >= 0.6 is 0 Å². The summed E-state index contributed by atoms with van der Waals surface area (Å²) in [6.45, 7) is 1.83. The van der Waals surface area contributed by atoms with Gasteiger partial charge in [0.1, 0.15) is 0 Å². The molecule has 0 aliphatic rings. The lowest BCUT2D eigenvalue weighted by Crippen LogP contribution is -2.25. The van der Waals surface area contributed by atoms with E-state index >= 15 is 0 Å². The summed E-state index contributed by atoms with van der Waals surface area (Å²) in [6.07, 6.45) is 1.09. The summed E-state index contributed by atoms with van der Waals surface area (Å²) in [7, 11) is 0.958.